The molecule has 0 aliphatic carbocycles. The summed E-state index contributed by atoms with van der Waals surface area (Å²) in [5.41, 5.74) is 1.23. The third-order valence-electron chi connectivity index (χ3n) is 4.64. The quantitative estimate of drug-likeness (QED) is 0.659. The summed E-state index contributed by atoms with van der Waals surface area (Å²) in [6.07, 6.45) is 2.05. The fourth-order valence-corrected chi connectivity index (χ4v) is 4.56. The van der Waals surface area contributed by atoms with E-state index in [0.29, 0.717) is 5.92 Å². The van der Waals surface area contributed by atoms with Gasteiger partial charge in [0.05, 0.1) is 18.0 Å². The van der Waals surface area contributed by atoms with Gasteiger partial charge in [0, 0.05) is 0 Å². The van der Waals surface area contributed by atoms with E-state index in [2.05, 4.69) is 19.2 Å². The van der Waals surface area contributed by atoms with Gasteiger partial charge in [-0.3, -0.25) is 9.10 Å². The van der Waals surface area contributed by atoms with E-state index in [1.54, 1.807) is 6.92 Å². The second-order valence-corrected chi connectivity index (χ2v) is 9.42. The minimum atomic E-state index is -3.76. The zero-order valence-electron chi connectivity index (χ0n) is 17.3. The molecule has 0 aromatic heterocycles. The van der Waals surface area contributed by atoms with Gasteiger partial charge in [-0.15, -0.1) is 0 Å². The van der Waals surface area contributed by atoms with E-state index in [-0.39, 0.29) is 24.1 Å². The summed E-state index contributed by atoms with van der Waals surface area (Å²) in [4.78, 5) is 13.2. The van der Waals surface area contributed by atoms with E-state index < -0.39 is 21.9 Å². The number of sulfonamides is 1. The maximum atomic E-state index is 13.3. The molecule has 2 aromatic rings. The number of hydrogen-bond acceptors (Lipinski definition) is 3. The molecule has 0 unspecified atom stereocenters. The van der Waals surface area contributed by atoms with Crippen LogP contribution in [0.1, 0.15) is 45.2 Å². The number of anilines is 1. The number of nitrogens with one attached hydrogen (secondary N) is 1. The van der Waals surface area contributed by atoms with E-state index in [9.17, 15) is 17.6 Å². The summed E-state index contributed by atoms with van der Waals surface area (Å²) in [6.45, 7) is 5.90. The zero-order chi connectivity index (χ0) is 21.6. The summed E-state index contributed by atoms with van der Waals surface area (Å²) in [6, 6.07) is 13.6. The van der Waals surface area contributed by atoms with Crippen LogP contribution in [0.4, 0.5) is 10.1 Å². The third-order valence-corrected chi connectivity index (χ3v) is 5.82. The molecule has 2 aromatic carbocycles. The van der Waals surface area contributed by atoms with Gasteiger partial charge in [-0.25, -0.2) is 12.8 Å². The highest BCUT2D eigenvalue weighted by Gasteiger charge is 2.32. The Morgan fingerprint density at radius 1 is 1.07 bits per heavy atom. The summed E-state index contributed by atoms with van der Waals surface area (Å²) < 4.78 is 39.4. The molecule has 0 spiro atoms. The van der Waals surface area contributed by atoms with E-state index in [0.717, 1.165) is 22.5 Å². The van der Waals surface area contributed by atoms with Crippen molar-refractivity contribution >= 4 is 21.6 Å². The van der Waals surface area contributed by atoms with E-state index in [1.165, 1.54) is 24.3 Å². The van der Waals surface area contributed by atoms with Crippen molar-refractivity contribution in [3.05, 3.63) is 66.0 Å². The Balaban J connectivity index is 2.35. The summed E-state index contributed by atoms with van der Waals surface area (Å²) in [7, 11) is -3.76. The van der Waals surface area contributed by atoms with E-state index >= 15 is 0 Å². The van der Waals surface area contributed by atoms with Gasteiger partial charge in [-0.05, 0) is 48.6 Å². The molecule has 0 heterocycles. The maximum absolute atomic E-state index is 13.3. The lowest BCUT2D eigenvalue weighted by atomic mass is 9.96. The van der Waals surface area contributed by atoms with Crippen LogP contribution in [0.15, 0.2) is 54.6 Å². The predicted octanol–water partition coefficient (Wildman–Crippen LogP) is 4.27. The normalized spacial score (nSPS) is 13.7. The molecule has 0 bridgehead atoms. The second-order valence-electron chi connectivity index (χ2n) is 7.56. The molecule has 0 fully saturated rings. The first-order chi connectivity index (χ1) is 13.6. The van der Waals surface area contributed by atoms with Gasteiger partial charge in [0.25, 0.3) is 0 Å². The van der Waals surface area contributed by atoms with Gasteiger partial charge in [-0.2, -0.15) is 0 Å². The molecule has 0 saturated carbocycles. The highest BCUT2D eigenvalue weighted by Crippen LogP contribution is 2.25. The second kappa shape index (κ2) is 9.87. The van der Waals surface area contributed by atoms with Crippen LogP contribution in [0.25, 0.3) is 0 Å². The van der Waals surface area contributed by atoms with Gasteiger partial charge < -0.3 is 5.32 Å². The Kier molecular flexibility index (Phi) is 7.79. The number of nitrogens with zero attached hydrogens (tertiary/aromatic N) is 1. The highest BCUT2D eigenvalue weighted by molar-refractivity contribution is 7.92. The van der Waals surface area contributed by atoms with Crippen molar-refractivity contribution in [2.24, 2.45) is 5.92 Å². The number of benzene rings is 2. The molecule has 29 heavy (non-hydrogen) atoms. The zero-order valence-corrected chi connectivity index (χ0v) is 18.1. The van der Waals surface area contributed by atoms with Gasteiger partial charge in [0.15, 0.2) is 0 Å². The standard InChI is InChI=1S/C22H29FN2O3S/c1-5-21(25(29(4,27)28)19-13-11-18(23)12-14-19)22(26)24-20(15-16(2)3)17-9-7-6-8-10-17/h6-14,16,20-21H,5,15H2,1-4H3,(H,24,26)/t20-,21+/m1/s1. The number of carbonyl (C=O) groups excluding carboxylic acids is 1. The van der Waals surface area contributed by atoms with Gasteiger partial charge in [0.1, 0.15) is 11.9 Å². The van der Waals surface area contributed by atoms with Crippen LogP contribution in [-0.2, 0) is 14.8 Å². The van der Waals surface area contributed by atoms with E-state index in [1.807, 2.05) is 30.3 Å². The molecule has 1 amide bonds. The highest BCUT2D eigenvalue weighted by atomic mass is 32.2. The molecule has 7 heteroatoms. The van der Waals surface area contributed by atoms with Crippen molar-refractivity contribution in [2.45, 2.75) is 45.7 Å². The van der Waals surface area contributed by atoms with Crippen LogP contribution in [0, 0.1) is 11.7 Å². The molecule has 0 aliphatic heterocycles. The van der Waals surface area contributed by atoms with Crippen molar-refractivity contribution in [1.29, 1.82) is 0 Å². The molecule has 0 saturated heterocycles. The lowest BCUT2D eigenvalue weighted by molar-refractivity contribution is -0.123. The van der Waals surface area contributed by atoms with Crippen LogP contribution in [0.5, 0.6) is 0 Å². The molecule has 0 aliphatic rings. The number of amides is 1. The van der Waals surface area contributed by atoms with Crippen molar-refractivity contribution in [3.63, 3.8) is 0 Å². The fourth-order valence-electron chi connectivity index (χ4n) is 3.35. The van der Waals surface area contributed by atoms with Crippen LogP contribution in [0.2, 0.25) is 0 Å². The third kappa shape index (κ3) is 6.29. The predicted molar refractivity (Wildman–Crippen MR) is 115 cm³/mol. The molecule has 2 atom stereocenters. The molecule has 158 valence electrons. The number of rotatable bonds is 9. The first-order valence-corrected chi connectivity index (χ1v) is 11.6. The summed E-state index contributed by atoms with van der Waals surface area (Å²) in [5.74, 6) is -0.513. The number of carbonyl (C=O) groups is 1. The summed E-state index contributed by atoms with van der Waals surface area (Å²) >= 11 is 0. The first kappa shape index (κ1) is 22.9. The van der Waals surface area contributed by atoms with Gasteiger partial charge >= 0.3 is 0 Å². The summed E-state index contributed by atoms with van der Waals surface area (Å²) in [5, 5.41) is 3.03. The Bertz CT molecular complexity index is 899. The minimum absolute atomic E-state index is 0.229. The molecule has 1 N–H and O–H groups in total. The molecular weight excluding hydrogens is 391 g/mol. The largest absolute Gasteiger partial charge is 0.347 e. The average molecular weight is 421 g/mol. The minimum Gasteiger partial charge on any atom is -0.347 e. The van der Waals surface area contributed by atoms with Crippen LogP contribution in [-0.4, -0.2) is 26.6 Å². The van der Waals surface area contributed by atoms with Crippen LogP contribution in [0.3, 0.4) is 0 Å². The lowest BCUT2D eigenvalue weighted by Crippen LogP contribution is -2.50. The Morgan fingerprint density at radius 2 is 1.66 bits per heavy atom. The molecule has 2 rings (SSSR count). The number of hydrogen-bond donors (Lipinski definition) is 1. The Morgan fingerprint density at radius 3 is 2.14 bits per heavy atom. The van der Waals surface area contributed by atoms with E-state index in [4.69, 9.17) is 0 Å². The van der Waals surface area contributed by atoms with Gasteiger partial charge in [-0.1, -0.05) is 51.1 Å². The first-order valence-electron chi connectivity index (χ1n) is 9.73. The van der Waals surface area contributed by atoms with Gasteiger partial charge in [0.2, 0.25) is 15.9 Å². The fraction of sp³-hybridized carbons (Fsp3) is 0.409. The monoisotopic (exact) mass is 420 g/mol. The van der Waals surface area contributed by atoms with Crippen molar-refractivity contribution < 1.29 is 17.6 Å². The number of halogens is 1. The maximum Gasteiger partial charge on any atom is 0.244 e. The molecule has 0 radical (unpaired) electrons. The topological polar surface area (TPSA) is 66.5 Å². The van der Waals surface area contributed by atoms with Crippen molar-refractivity contribution in [3.8, 4) is 0 Å². The smallest absolute Gasteiger partial charge is 0.244 e. The Labute approximate surface area is 173 Å². The molecule has 5 nitrogen and oxygen atoms in total. The average Bonchev–Trinajstić information content (AvgIpc) is 2.65. The molecular formula is C22H29FN2O3S. The lowest BCUT2D eigenvalue weighted by Gasteiger charge is -2.32. The van der Waals surface area contributed by atoms with Crippen LogP contribution >= 0.6 is 0 Å². The SMILES string of the molecule is CC[C@@H](C(=O)N[C@H](CC(C)C)c1ccccc1)N(c1ccc(F)cc1)S(C)(=O)=O. The Hall–Kier alpha value is -2.41. The van der Waals surface area contributed by atoms with Crippen molar-refractivity contribution in [2.75, 3.05) is 10.6 Å². The van der Waals surface area contributed by atoms with Crippen LogP contribution < -0.4 is 9.62 Å². The van der Waals surface area contributed by atoms with Crippen molar-refractivity contribution in [1.82, 2.24) is 5.32 Å².